The van der Waals surface area contributed by atoms with Gasteiger partial charge in [-0.3, -0.25) is 39.1 Å². The number of aldehydes is 1. The Bertz CT molecular complexity index is 2210. The van der Waals surface area contributed by atoms with Crippen molar-refractivity contribution >= 4 is 52.8 Å². The predicted molar refractivity (Wildman–Crippen MR) is 224 cm³/mol. The molecule has 17 heteroatoms. The molecule has 2 aromatic carbocycles. The SMILES string of the molecule is CCCc1cc(C(=O)NC(Cc2ccc(-c3cccc(OC(F)(F)F)c3)nc2)C(=O)NCCCCCCNc2cccc(C=O)c2C(=O)N(C)C2CCC(=O)NC2=O)sc1C. The van der Waals surface area contributed by atoms with Crippen molar-refractivity contribution in [2.45, 2.75) is 90.1 Å². The van der Waals surface area contributed by atoms with Gasteiger partial charge in [0, 0.05) is 60.9 Å². The summed E-state index contributed by atoms with van der Waals surface area (Å²) in [4.78, 5) is 83.7. The zero-order valence-corrected chi connectivity index (χ0v) is 35.0. The number of nitrogens with zero attached hydrogens (tertiary/aromatic N) is 2. The number of alkyl halides is 3. The summed E-state index contributed by atoms with van der Waals surface area (Å²) in [5.41, 5.74) is 3.27. The Labute approximate surface area is 355 Å². The molecule has 1 fully saturated rings. The van der Waals surface area contributed by atoms with Crippen LogP contribution < -0.4 is 26.0 Å². The van der Waals surface area contributed by atoms with Crippen LogP contribution in [0.15, 0.2) is 66.9 Å². The van der Waals surface area contributed by atoms with Crippen LogP contribution in [0, 0.1) is 6.92 Å². The van der Waals surface area contributed by atoms with E-state index in [-0.39, 0.29) is 48.0 Å². The van der Waals surface area contributed by atoms with Gasteiger partial charge in [-0.05, 0) is 74.1 Å². The molecule has 13 nitrogen and oxygen atoms in total. The van der Waals surface area contributed by atoms with E-state index >= 15 is 0 Å². The van der Waals surface area contributed by atoms with Gasteiger partial charge in [0.25, 0.3) is 11.8 Å². The van der Waals surface area contributed by atoms with E-state index in [9.17, 15) is 41.9 Å². The number of pyridine rings is 1. The number of rotatable bonds is 20. The molecule has 5 amide bonds. The van der Waals surface area contributed by atoms with Crippen molar-refractivity contribution in [1.82, 2.24) is 25.8 Å². The third-order valence-electron chi connectivity index (χ3n) is 10.2. The fourth-order valence-corrected chi connectivity index (χ4v) is 7.95. The lowest BCUT2D eigenvalue weighted by Gasteiger charge is -2.30. The molecule has 1 aliphatic rings. The monoisotopic (exact) mass is 862 g/mol. The van der Waals surface area contributed by atoms with E-state index in [0.717, 1.165) is 36.1 Å². The minimum absolute atomic E-state index is 0.104. The summed E-state index contributed by atoms with van der Waals surface area (Å²) < 4.78 is 42.4. The number of hydrogen-bond acceptors (Lipinski definition) is 10. The number of carbonyl (C=O) groups excluding carboxylic acids is 6. The summed E-state index contributed by atoms with van der Waals surface area (Å²) in [7, 11) is 1.47. The minimum Gasteiger partial charge on any atom is -0.406 e. The molecule has 0 spiro atoms. The zero-order chi connectivity index (χ0) is 44.1. The summed E-state index contributed by atoms with van der Waals surface area (Å²) in [6.07, 6.45) is 2.30. The maximum absolute atomic E-state index is 13.6. The Kier molecular flexibility index (Phi) is 16.1. The molecule has 2 unspecified atom stereocenters. The van der Waals surface area contributed by atoms with Crippen LogP contribution in [0.25, 0.3) is 11.3 Å². The first-order chi connectivity index (χ1) is 29.2. The molecule has 0 aliphatic carbocycles. The third kappa shape index (κ3) is 12.9. The molecule has 4 aromatic rings. The van der Waals surface area contributed by atoms with Gasteiger partial charge in [0.15, 0.2) is 6.29 Å². The van der Waals surface area contributed by atoms with Gasteiger partial charge in [-0.2, -0.15) is 0 Å². The molecule has 1 aliphatic heterocycles. The van der Waals surface area contributed by atoms with Crippen molar-refractivity contribution in [2.75, 3.05) is 25.5 Å². The molecule has 0 radical (unpaired) electrons. The van der Waals surface area contributed by atoms with E-state index in [2.05, 4.69) is 37.9 Å². The fraction of sp³-hybridized carbons (Fsp3) is 0.386. The van der Waals surface area contributed by atoms with Crippen LogP contribution in [-0.2, 0) is 27.2 Å². The van der Waals surface area contributed by atoms with E-state index in [1.807, 2.05) is 13.0 Å². The first-order valence-corrected chi connectivity index (χ1v) is 20.9. The number of likely N-dealkylation sites (N-methyl/N-ethyl adjacent to an activating group) is 1. The van der Waals surface area contributed by atoms with Crippen LogP contribution in [0.2, 0.25) is 0 Å². The molecule has 4 N–H and O–H groups in total. The van der Waals surface area contributed by atoms with Gasteiger partial charge in [0.05, 0.1) is 16.1 Å². The number of benzene rings is 2. The lowest BCUT2D eigenvalue weighted by Crippen LogP contribution is -2.53. The van der Waals surface area contributed by atoms with Crippen molar-refractivity contribution in [3.63, 3.8) is 0 Å². The Morgan fingerprint density at radius 1 is 1.03 bits per heavy atom. The predicted octanol–water partition coefficient (Wildman–Crippen LogP) is 6.79. The Morgan fingerprint density at radius 3 is 2.48 bits per heavy atom. The van der Waals surface area contributed by atoms with Crippen LogP contribution in [0.1, 0.15) is 98.3 Å². The number of nitrogens with one attached hydrogen (secondary N) is 4. The van der Waals surface area contributed by atoms with E-state index in [1.165, 1.54) is 53.7 Å². The fourth-order valence-electron chi connectivity index (χ4n) is 6.98. The summed E-state index contributed by atoms with van der Waals surface area (Å²) in [5, 5.41) is 11.3. The Balaban J connectivity index is 1.15. The van der Waals surface area contributed by atoms with Crippen LogP contribution in [0.4, 0.5) is 18.9 Å². The van der Waals surface area contributed by atoms with Crippen molar-refractivity contribution in [1.29, 1.82) is 0 Å². The highest BCUT2D eigenvalue weighted by molar-refractivity contribution is 7.14. The lowest BCUT2D eigenvalue weighted by molar-refractivity contribution is -0.274. The second-order valence-corrected chi connectivity index (χ2v) is 16.0. The summed E-state index contributed by atoms with van der Waals surface area (Å²) in [6, 6.07) is 13.7. The molecular weight excluding hydrogens is 814 g/mol. The van der Waals surface area contributed by atoms with Crippen LogP contribution in [-0.4, -0.2) is 84.3 Å². The first kappa shape index (κ1) is 46.0. The number of aromatic nitrogens is 1. The normalized spacial score (nSPS) is 14.4. The molecular formula is C44H49F3N6O7S. The van der Waals surface area contributed by atoms with Crippen LogP contribution in [0.5, 0.6) is 5.75 Å². The van der Waals surface area contributed by atoms with Gasteiger partial charge < -0.3 is 25.6 Å². The summed E-state index contributed by atoms with van der Waals surface area (Å²) in [6.45, 7) is 4.84. The molecule has 2 atom stereocenters. The van der Waals surface area contributed by atoms with Gasteiger partial charge in [-0.15, -0.1) is 24.5 Å². The first-order valence-electron chi connectivity index (χ1n) is 20.1. The number of ether oxygens (including phenoxy) is 1. The second kappa shape index (κ2) is 21.4. The molecule has 0 bridgehead atoms. The Hall–Kier alpha value is -6.10. The standard InChI is InChI=1S/C44H49F3N6O7S/c1-4-11-29-24-37(61-27(29)2)42(58)51-35(22-28-16-17-33(50-25-28)30-12-9-14-32(23-30)60-44(45,46)47)40(56)49-21-8-6-5-7-20-48-34-15-10-13-31(26-54)39(34)43(59)53(3)36-18-19-38(55)52-41(36)57/h9-10,12-17,23-26,35-36,48H,4-8,11,18-22H2,1-3H3,(H,49,56)(H,51,58)(H,52,55,57). The number of piperidine rings is 1. The van der Waals surface area contributed by atoms with E-state index in [1.54, 1.807) is 30.3 Å². The van der Waals surface area contributed by atoms with Crippen molar-refractivity contribution < 1.29 is 46.7 Å². The van der Waals surface area contributed by atoms with Gasteiger partial charge in [0.2, 0.25) is 17.7 Å². The van der Waals surface area contributed by atoms with Crippen molar-refractivity contribution in [2.24, 2.45) is 0 Å². The average Bonchev–Trinajstić information content (AvgIpc) is 3.60. The van der Waals surface area contributed by atoms with Gasteiger partial charge >= 0.3 is 6.36 Å². The van der Waals surface area contributed by atoms with Crippen LogP contribution >= 0.6 is 11.3 Å². The highest BCUT2D eigenvalue weighted by Crippen LogP contribution is 2.28. The number of anilines is 1. The van der Waals surface area contributed by atoms with E-state index in [0.29, 0.717) is 59.6 Å². The Morgan fingerprint density at radius 2 is 1.79 bits per heavy atom. The number of thiophene rings is 1. The average molecular weight is 863 g/mol. The highest BCUT2D eigenvalue weighted by Gasteiger charge is 2.34. The molecule has 5 rings (SSSR count). The van der Waals surface area contributed by atoms with Crippen molar-refractivity contribution in [3.05, 3.63) is 98.9 Å². The molecule has 324 valence electrons. The largest absolute Gasteiger partial charge is 0.573 e. The quantitative estimate of drug-likeness (QED) is 0.0424. The number of hydrogen-bond donors (Lipinski definition) is 4. The minimum atomic E-state index is -4.84. The van der Waals surface area contributed by atoms with Gasteiger partial charge in [0.1, 0.15) is 17.8 Å². The summed E-state index contributed by atoms with van der Waals surface area (Å²) >= 11 is 1.37. The third-order valence-corrected chi connectivity index (χ3v) is 11.3. The molecule has 3 heterocycles. The van der Waals surface area contributed by atoms with E-state index < -0.39 is 36.2 Å². The number of imide groups is 1. The maximum Gasteiger partial charge on any atom is 0.573 e. The number of aryl methyl sites for hydroxylation is 2. The van der Waals surface area contributed by atoms with Crippen LogP contribution in [0.3, 0.4) is 0 Å². The van der Waals surface area contributed by atoms with Gasteiger partial charge in [-0.1, -0.05) is 56.5 Å². The van der Waals surface area contributed by atoms with Gasteiger partial charge in [-0.25, -0.2) is 0 Å². The molecule has 0 saturated carbocycles. The number of unbranched alkanes of at least 4 members (excludes halogenated alkanes) is 3. The summed E-state index contributed by atoms with van der Waals surface area (Å²) in [5.74, 6) is -2.61. The number of halogens is 3. The van der Waals surface area contributed by atoms with Crippen molar-refractivity contribution in [3.8, 4) is 17.0 Å². The number of amides is 5. The lowest BCUT2D eigenvalue weighted by atomic mass is 10.0. The zero-order valence-electron chi connectivity index (χ0n) is 34.2. The molecule has 1 saturated heterocycles. The topological polar surface area (TPSA) is 176 Å². The smallest absolute Gasteiger partial charge is 0.406 e. The van der Waals surface area contributed by atoms with E-state index in [4.69, 9.17) is 0 Å². The second-order valence-electron chi connectivity index (χ2n) is 14.7. The maximum atomic E-state index is 13.6. The number of carbonyl (C=O) groups is 6. The highest BCUT2D eigenvalue weighted by atomic mass is 32.1. The molecule has 61 heavy (non-hydrogen) atoms. The molecule has 2 aromatic heterocycles.